The van der Waals surface area contributed by atoms with Crippen LogP contribution in [0, 0.1) is 10.1 Å². The van der Waals surface area contributed by atoms with Gasteiger partial charge in [0, 0.05) is 24.8 Å². The van der Waals surface area contributed by atoms with Crippen LogP contribution in [0.25, 0.3) is 0 Å². The summed E-state index contributed by atoms with van der Waals surface area (Å²) in [5.41, 5.74) is -0.0460. The molecule has 1 aromatic rings. The van der Waals surface area contributed by atoms with E-state index in [0.29, 0.717) is 11.9 Å². The smallest absolute Gasteiger partial charge is 0.379 e. The second-order valence-corrected chi connectivity index (χ2v) is 9.44. The van der Waals surface area contributed by atoms with Crippen molar-refractivity contribution in [1.29, 1.82) is 0 Å². The highest BCUT2D eigenvalue weighted by Gasteiger charge is 2.25. The highest BCUT2D eigenvalue weighted by atomic mass is 32.2. The fourth-order valence-electron chi connectivity index (χ4n) is 2.45. The van der Waals surface area contributed by atoms with Crippen LogP contribution in [0.15, 0.2) is 24.3 Å². The normalized spacial score (nSPS) is 13.1. The lowest BCUT2D eigenvalue weighted by molar-refractivity contribution is -0.384. The Morgan fingerprint density at radius 3 is 2.26 bits per heavy atom. The summed E-state index contributed by atoms with van der Waals surface area (Å²) < 4.78 is 23.7. The van der Waals surface area contributed by atoms with E-state index in [4.69, 9.17) is 9.05 Å². The SMILES string of the molecule is CCOP(=O)(CCCCCCCCSC(C)=O)Oc1ccc([N+](=O)[O-])cc1. The number of thioether (sulfide) groups is 1. The molecule has 0 N–H and O–H groups in total. The molecule has 0 aliphatic rings. The van der Waals surface area contributed by atoms with E-state index < -0.39 is 12.5 Å². The quantitative estimate of drug-likeness (QED) is 0.163. The van der Waals surface area contributed by atoms with Gasteiger partial charge in [-0.3, -0.25) is 14.9 Å². The van der Waals surface area contributed by atoms with Crippen molar-refractivity contribution in [2.45, 2.75) is 52.4 Å². The molecule has 1 aromatic carbocycles. The number of non-ortho nitro benzene ring substituents is 1. The van der Waals surface area contributed by atoms with Crippen LogP contribution in [-0.4, -0.2) is 28.6 Å². The predicted molar refractivity (Wildman–Crippen MR) is 109 cm³/mol. The zero-order valence-corrected chi connectivity index (χ0v) is 17.6. The Balaban J connectivity index is 2.34. The lowest BCUT2D eigenvalue weighted by Gasteiger charge is -2.18. The first-order valence-corrected chi connectivity index (χ1v) is 11.9. The van der Waals surface area contributed by atoms with Gasteiger partial charge in [0.2, 0.25) is 0 Å². The molecule has 1 unspecified atom stereocenters. The average molecular weight is 417 g/mol. The van der Waals surface area contributed by atoms with Crippen molar-refractivity contribution in [3.8, 4) is 5.75 Å². The van der Waals surface area contributed by atoms with E-state index >= 15 is 0 Å². The third-order valence-corrected chi connectivity index (χ3v) is 6.65. The van der Waals surface area contributed by atoms with E-state index in [0.717, 1.165) is 44.3 Å². The largest absolute Gasteiger partial charge is 0.424 e. The number of hydrogen-bond donors (Lipinski definition) is 0. The minimum absolute atomic E-state index is 0.0460. The van der Waals surface area contributed by atoms with Gasteiger partial charge in [0.1, 0.15) is 5.75 Å². The van der Waals surface area contributed by atoms with Crippen LogP contribution in [-0.2, 0) is 13.9 Å². The molecular weight excluding hydrogens is 389 g/mol. The number of hydrogen-bond acceptors (Lipinski definition) is 7. The number of nitro groups is 1. The number of benzene rings is 1. The molecule has 9 heteroatoms. The first kappa shape index (κ1) is 23.7. The fourth-order valence-corrected chi connectivity index (χ4v) is 4.81. The molecule has 0 fully saturated rings. The van der Waals surface area contributed by atoms with Crippen molar-refractivity contribution in [2.75, 3.05) is 18.5 Å². The molecule has 0 radical (unpaired) electrons. The van der Waals surface area contributed by atoms with E-state index in [2.05, 4.69) is 0 Å². The number of carbonyl (C=O) groups excluding carboxylic acids is 1. The molecular formula is C18H28NO6PS. The molecule has 0 saturated heterocycles. The first-order chi connectivity index (χ1) is 12.9. The summed E-state index contributed by atoms with van der Waals surface area (Å²) in [6.07, 6.45) is 6.22. The summed E-state index contributed by atoms with van der Waals surface area (Å²) in [5.74, 6) is 1.18. The molecule has 0 heterocycles. The number of nitrogens with zero attached hydrogens (tertiary/aromatic N) is 1. The topological polar surface area (TPSA) is 95.7 Å². The van der Waals surface area contributed by atoms with Crippen LogP contribution in [0.3, 0.4) is 0 Å². The highest BCUT2D eigenvalue weighted by molar-refractivity contribution is 8.13. The van der Waals surface area contributed by atoms with Gasteiger partial charge in [0.25, 0.3) is 5.69 Å². The molecule has 0 saturated carbocycles. The maximum atomic E-state index is 12.8. The lowest BCUT2D eigenvalue weighted by atomic mass is 10.1. The fraction of sp³-hybridized carbons (Fsp3) is 0.611. The van der Waals surface area contributed by atoms with Crippen molar-refractivity contribution < 1.29 is 23.3 Å². The molecule has 0 aliphatic heterocycles. The zero-order valence-electron chi connectivity index (χ0n) is 15.9. The Morgan fingerprint density at radius 2 is 1.70 bits per heavy atom. The summed E-state index contributed by atoms with van der Waals surface area (Å²) in [6, 6.07) is 5.50. The Morgan fingerprint density at radius 1 is 1.11 bits per heavy atom. The summed E-state index contributed by atoms with van der Waals surface area (Å²) >= 11 is 1.37. The minimum Gasteiger partial charge on any atom is -0.424 e. The summed E-state index contributed by atoms with van der Waals surface area (Å²) in [7, 11) is -3.27. The minimum atomic E-state index is -3.27. The van der Waals surface area contributed by atoms with Gasteiger partial charge in [-0.2, -0.15) is 0 Å². The van der Waals surface area contributed by atoms with Crippen LogP contribution in [0.4, 0.5) is 5.69 Å². The van der Waals surface area contributed by atoms with Gasteiger partial charge in [0.15, 0.2) is 5.12 Å². The zero-order chi connectivity index (χ0) is 20.1. The molecule has 1 atom stereocenters. The average Bonchev–Trinajstić information content (AvgIpc) is 2.60. The van der Waals surface area contributed by atoms with Gasteiger partial charge in [0.05, 0.1) is 17.7 Å². The highest BCUT2D eigenvalue weighted by Crippen LogP contribution is 2.49. The number of rotatable bonds is 14. The summed E-state index contributed by atoms with van der Waals surface area (Å²) in [6.45, 7) is 3.61. The van der Waals surface area contributed by atoms with Crippen LogP contribution in [0.2, 0.25) is 0 Å². The van der Waals surface area contributed by atoms with E-state index in [-0.39, 0.29) is 17.4 Å². The number of nitro benzene ring substituents is 1. The van der Waals surface area contributed by atoms with Crippen LogP contribution < -0.4 is 4.52 Å². The summed E-state index contributed by atoms with van der Waals surface area (Å²) in [4.78, 5) is 21.0. The lowest BCUT2D eigenvalue weighted by Crippen LogP contribution is -2.03. The van der Waals surface area contributed by atoms with E-state index in [1.807, 2.05) is 0 Å². The standard InChI is InChI=1S/C18H28NO6PS/c1-3-24-26(23,25-18-12-10-17(11-13-18)19(21)22)14-8-6-4-5-7-9-15-27-16(2)20/h10-13H,3-9,14-15H2,1-2H3. The van der Waals surface area contributed by atoms with Gasteiger partial charge in [-0.05, 0) is 31.9 Å². The van der Waals surface area contributed by atoms with Crippen LogP contribution >= 0.6 is 19.4 Å². The molecule has 7 nitrogen and oxygen atoms in total. The molecule has 0 aliphatic carbocycles. The second kappa shape index (κ2) is 12.9. The van der Waals surface area contributed by atoms with Crippen molar-refractivity contribution in [2.24, 2.45) is 0 Å². The van der Waals surface area contributed by atoms with Gasteiger partial charge in [-0.25, -0.2) is 4.57 Å². The van der Waals surface area contributed by atoms with Crippen LogP contribution in [0.5, 0.6) is 5.75 Å². The predicted octanol–water partition coefficient (Wildman–Crippen LogP) is 5.82. The third kappa shape index (κ3) is 10.5. The molecule has 0 bridgehead atoms. The maximum Gasteiger partial charge on any atom is 0.379 e. The van der Waals surface area contributed by atoms with Gasteiger partial charge >= 0.3 is 7.60 Å². The Labute approximate surface area is 164 Å². The Hall–Kier alpha value is -1.37. The van der Waals surface area contributed by atoms with E-state index in [9.17, 15) is 19.5 Å². The molecule has 27 heavy (non-hydrogen) atoms. The molecule has 0 aromatic heterocycles. The number of carbonyl (C=O) groups is 1. The monoisotopic (exact) mass is 417 g/mol. The van der Waals surface area contributed by atoms with Crippen LogP contribution in [0.1, 0.15) is 52.4 Å². The molecule has 0 amide bonds. The van der Waals surface area contributed by atoms with E-state index in [1.165, 1.54) is 36.0 Å². The number of unbranched alkanes of at least 4 members (excludes halogenated alkanes) is 5. The first-order valence-electron chi connectivity index (χ1n) is 9.17. The maximum absolute atomic E-state index is 12.8. The Kier molecular flexibility index (Phi) is 11.3. The second-order valence-electron chi connectivity index (χ2n) is 6.06. The summed E-state index contributed by atoms with van der Waals surface area (Å²) in [5, 5.41) is 10.8. The van der Waals surface area contributed by atoms with Gasteiger partial charge in [-0.15, -0.1) is 0 Å². The molecule has 152 valence electrons. The van der Waals surface area contributed by atoms with E-state index in [1.54, 1.807) is 13.8 Å². The van der Waals surface area contributed by atoms with Crippen molar-refractivity contribution in [3.05, 3.63) is 34.4 Å². The van der Waals surface area contributed by atoms with Crippen molar-refractivity contribution >= 4 is 30.2 Å². The van der Waals surface area contributed by atoms with Gasteiger partial charge in [-0.1, -0.05) is 37.4 Å². The third-order valence-electron chi connectivity index (χ3n) is 3.75. The van der Waals surface area contributed by atoms with Crippen molar-refractivity contribution in [3.63, 3.8) is 0 Å². The molecule has 1 rings (SSSR count). The van der Waals surface area contributed by atoms with Crippen molar-refractivity contribution in [1.82, 2.24) is 0 Å². The molecule has 0 spiro atoms. The Bertz CT molecular complexity index is 637. The van der Waals surface area contributed by atoms with Gasteiger partial charge < -0.3 is 9.05 Å².